The second kappa shape index (κ2) is 13.2. The van der Waals surface area contributed by atoms with E-state index in [0.29, 0.717) is 21.3 Å². The number of hydrogen-bond donors (Lipinski definition) is 1. The lowest BCUT2D eigenvalue weighted by atomic mass is 9.48. The number of anilines is 1. The molecule has 3 aromatic rings. The number of likely N-dealkylation sites (N-methyl/N-ethyl adjacent to an activating group) is 1. The first-order valence-corrected chi connectivity index (χ1v) is 18.6. The molecule has 244 valence electrons. The number of nitrogens with one attached hydrogen (secondary N) is 1. The standard InChI is InChI=1S/C36H41Cl2N3O4S/c1-39-35(43)33(18-24-7-4-3-5-8-24)40(22-30-31(37)9-6-10-32(30)38)34(42)23-41(46(2,44)45)29-13-11-28(12-14-29)36-19-25-15-26(20-36)17-27(16-25)21-36/h3-14,25-27,33H,15-23H2,1-2H3,(H,39,43). The molecule has 0 spiro atoms. The Morgan fingerprint density at radius 2 is 1.43 bits per heavy atom. The van der Waals surface area contributed by atoms with Gasteiger partial charge in [-0.2, -0.15) is 0 Å². The van der Waals surface area contributed by atoms with Crippen LogP contribution in [0.1, 0.15) is 55.2 Å². The zero-order chi connectivity index (χ0) is 32.6. The number of amides is 2. The largest absolute Gasteiger partial charge is 0.357 e. The molecule has 0 radical (unpaired) electrons. The molecule has 1 atom stereocenters. The van der Waals surface area contributed by atoms with Crippen LogP contribution in [0, 0.1) is 17.8 Å². The summed E-state index contributed by atoms with van der Waals surface area (Å²) in [5.74, 6) is 1.44. The minimum Gasteiger partial charge on any atom is -0.357 e. The number of benzene rings is 3. The molecule has 4 aliphatic rings. The zero-order valence-electron chi connectivity index (χ0n) is 26.3. The van der Waals surface area contributed by atoms with Crippen molar-refractivity contribution in [3.8, 4) is 0 Å². The van der Waals surface area contributed by atoms with E-state index in [1.165, 1.54) is 56.0 Å². The quantitative estimate of drug-likeness (QED) is 0.247. The van der Waals surface area contributed by atoms with Crippen molar-refractivity contribution >= 4 is 50.7 Å². The van der Waals surface area contributed by atoms with Crippen LogP contribution in [-0.4, -0.2) is 51.0 Å². The monoisotopic (exact) mass is 681 g/mol. The third kappa shape index (κ3) is 6.80. The van der Waals surface area contributed by atoms with Gasteiger partial charge in [0.2, 0.25) is 21.8 Å². The molecule has 1 unspecified atom stereocenters. The van der Waals surface area contributed by atoms with Crippen molar-refractivity contribution in [3.05, 3.63) is 99.5 Å². The minimum absolute atomic E-state index is 0.0786. The summed E-state index contributed by atoms with van der Waals surface area (Å²) in [6.45, 7) is -0.565. The number of sulfonamides is 1. The van der Waals surface area contributed by atoms with E-state index < -0.39 is 28.5 Å². The Hall–Kier alpha value is -3.07. The average Bonchev–Trinajstić information content (AvgIpc) is 3.01. The topological polar surface area (TPSA) is 86.8 Å². The van der Waals surface area contributed by atoms with Gasteiger partial charge < -0.3 is 10.2 Å². The SMILES string of the molecule is CNC(=O)C(Cc1ccccc1)N(Cc1c(Cl)cccc1Cl)C(=O)CN(c1ccc(C23CC4CC(CC(C4)C2)C3)cc1)S(C)(=O)=O. The van der Waals surface area contributed by atoms with Gasteiger partial charge in [-0.25, -0.2) is 8.42 Å². The molecule has 0 heterocycles. The first kappa shape index (κ1) is 32.9. The lowest BCUT2D eigenvalue weighted by molar-refractivity contribution is -0.139. The smallest absolute Gasteiger partial charge is 0.244 e. The number of carbonyl (C=O) groups is 2. The van der Waals surface area contributed by atoms with Crippen molar-refractivity contribution in [2.45, 2.75) is 62.9 Å². The fourth-order valence-electron chi connectivity index (χ4n) is 8.63. The summed E-state index contributed by atoms with van der Waals surface area (Å²) in [5.41, 5.74) is 3.18. The van der Waals surface area contributed by atoms with Crippen molar-refractivity contribution in [1.29, 1.82) is 0 Å². The maximum absolute atomic E-state index is 14.3. The normalized spacial score (nSPS) is 24.0. The van der Waals surface area contributed by atoms with Gasteiger partial charge in [-0.15, -0.1) is 0 Å². The number of carbonyl (C=O) groups excluding carboxylic acids is 2. The van der Waals surface area contributed by atoms with Crippen molar-refractivity contribution in [2.24, 2.45) is 17.8 Å². The highest BCUT2D eigenvalue weighted by Crippen LogP contribution is 2.60. The van der Waals surface area contributed by atoms with E-state index in [1.54, 1.807) is 18.2 Å². The molecule has 4 fully saturated rings. The molecule has 1 N–H and O–H groups in total. The predicted molar refractivity (Wildman–Crippen MR) is 183 cm³/mol. The van der Waals surface area contributed by atoms with Gasteiger partial charge in [0.1, 0.15) is 12.6 Å². The Morgan fingerprint density at radius 3 is 1.96 bits per heavy atom. The van der Waals surface area contributed by atoms with Crippen molar-refractivity contribution in [1.82, 2.24) is 10.2 Å². The van der Waals surface area contributed by atoms with Gasteiger partial charge in [0, 0.05) is 35.6 Å². The summed E-state index contributed by atoms with van der Waals surface area (Å²) in [4.78, 5) is 29.1. The first-order valence-electron chi connectivity index (χ1n) is 16.0. The van der Waals surface area contributed by atoms with Gasteiger partial charge in [-0.3, -0.25) is 13.9 Å². The van der Waals surface area contributed by atoms with Crippen LogP contribution in [-0.2, 0) is 38.0 Å². The molecule has 4 aliphatic carbocycles. The highest BCUT2D eigenvalue weighted by molar-refractivity contribution is 7.92. The third-order valence-corrected chi connectivity index (χ3v) is 12.2. The van der Waals surface area contributed by atoms with Gasteiger partial charge in [-0.05, 0) is 97.1 Å². The molecule has 7 nitrogen and oxygen atoms in total. The first-order chi connectivity index (χ1) is 22.0. The summed E-state index contributed by atoms with van der Waals surface area (Å²) >= 11 is 13.1. The molecular weight excluding hydrogens is 641 g/mol. The molecule has 2 amide bonds. The van der Waals surface area contributed by atoms with E-state index in [1.807, 2.05) is 42.5 Å². The van der Waals surface area contributed by atoms with Crippen LogP contribution in [0.15, 0.2) is 72.8 Å². The molecule has 4 saturated carbocycles. The molecular formula is C36H41Cl2N3O4S. The molecule has 10 heteroatoms. The minimum atomic E-state index is -3.87. The number of rotatable bonds is 11. The second-order valence-corrected chi connectivity index (χ2v) is 16.3. The van der Waals surface area contributed by atoms with Gasteiger partial charge in [0.05, 0.1) is 11.9 Å². The fourth-order valence-corrected chi connectivity index (χ4v) is 10.0. The third-order valence-electron chi connectivity index (χ3n) is 10.4. The van der Waals surface area contributed by atoms with Crippen LogP contribution in [0.25, 0.3) is 0 Å². The molecule has 3 aromatic carbocycles. The van der Waals surface area contributed by atoms with Crippen molar-refractivity contribution < 1.29 is 18.0 Å². The Kier molecular flexibility index (Phi) is 9.43. The number of hydrogen-bond acceptors (Lipinski definition) is 4. The van der Waals surface area contributed by atoms with E-state index in [-0.39, 0.29) is 24.3 Å². The zero-order valence-corrected chi connectivity index (χ0v) is 28.6. The van der Waals surface area contributed by atoms with Crippen LogP contribution in [0.3, 0.4) is 0 Å². The lowest BCUT2D eigenvalue weighted by Gasteiger charge is -2.57. The Balaban J connectivity index is 1.31. The van der Waals surface area contributed by atoms with E-state index in [2.05, 4.69) is 17.4 Å². The van der Waals surface area contributed by atoms with Gasteiger partial charge in [0.25, 0.3) is 0 Å². The number of halogens is 2. The average molecular weight is 683 g/mol. The summed E-state index contributed by atoms with van der Waals surface area (Å²) in [6, 6.07) is 21.3. The van der Waals surface area contributed by atoms with Gasteiger partial charge in [-0.1, -0.05) is 71.7 Å². The van der Waals surface area contributed by atoms with Crippen LogP contribution in [0.4, 0.5) is 5.69 Å². The number of nitrogens with zero attached hydrogens (tertiary/aromatic N) is 2. The summed E-state index contributed by atoms with van der Waals surface area (Å²) < 4.78 is 27.6. The molecule has 4 bridgehead atoms. The van der Waals surface area contributed by atoms with Crippen LogP contribution in [0.2, 0.25) is 10.0 Å². The fraction of sp³-hybridized carbons (Fsp3) is 0.444. The van der Waals surface area contributed by atoms with E-state index in [4.69, 9.17) is 23.2 Å². The maximum atomic E-state index is 14.3. The van der Waals surface area contributed by atoms with E-state index in [9.17, 15) is 18.0 Å². The summed E-state index contributed by atoms with van der Waals surface area (Å²) in [5, 5.41) is 3.38. The summed E-state index contributed by atoms with van der Waals surface area (Å²) in [7, 11) is -2.36. The van der Waals surface area contributed by atoms with E-state index in [0.717, 1.165) is 33.9 Å². The molecule has 46 heavy (non-hydrogen) atoms. The van der Waals surface area contributed by atoms with Crippen LogP contribution >= 0.6 is 23.2 Å². The lowest BCUT2D eigenvalue weighted by Crippen LogP contribution is -2.53. The Bertz CT molecular complexity index is 1640. The summed E-state index contributed by atoms with van der Waals surface area (Å²) in [6.07, 6.45) is 8.96. The Labute approximate surface area is 282 Å². The van der Waals surface area contributed by atoms with E-state index >= 15 is 0 Å². The molecule has 7 rings (SSSR count). The molecule has 0 saturated heterocycles. The van der Waals surface area contributed by atoms with Crippen molar-refractivity contribution in [2.75, 3.05) is 24.2 Å². The maximum Gasteiger partial charge on any atom is 0.244 e. The second-order valence-electron chi connectivity index (χ2n) is 13.6. The van der Waals surface area contributed by atoms with Crippen molar-refractivity contribution in [3.63, 3.8) is 0 Å². The van der Waals surface area contributed by atoms with Gasteiger partial charge in [0.15, 0.2) is 0 Å². The predicted octanol–water partition coefficient (Wildman–Crippen LogP) is 6.61. The highest BCUT2D eigenvalue weighted by atomic mass is 35.5. The van der Waals surface area contributed by atoms with Crippen LogP contribution in [0.5, 0.6) is 0 Å². The van der Waals surface area contributed by atoms with Crippen LogP contribution < -0.4 is 9.62 Å². The van der Waals surface area contributed by atoms with Gasteiger partial charge >= 0.3 is 0 Å². The molecule has 0 aliphatic heterocycles. The Morgan fingerprint density at radius 1 is 0.870 bits per heavy atom. The highest BCUT2D eigenvalue weighted by Gasteiger charge is 2.51. The molecule has 0 aromatic heterocycles.